The first-order valence-corrected chi connectivity index (χ1v) is 24.1. The first-order chi connectivity index (χ1) is 32.9. The maximum absolute atomic E-state index is 13.0. The first kappa shape index (κ1) is 46.6. The molecular weight excluding hydrogens is 881 g/mol. The summed E-state index contributed by atoms with van der Waals surface area (Å²) in [4.78, 5) is 68.4. The Morgan fingerprint density at radius 2 is 1.69 bits per heavy atom. The topological polar surface area (TPSA) is 226 Å². The maximum Gasteiger partial charge on any atom is 0.269 e. The fourth-order valence-electron chi connectivity index (χ4n) is 9.70. The van der Waals surface area contributed by atoms with Gasteiger partial charge in [-0.2, -0.15) is 0 Å². The van der Waals surface area contributed by atoms with Gasteiger partial charge in [0.25, 0.3) is 11.8 Å². The number of hydrogen-bond donors (Lipinski definition) is 6. The van der Waals surface area contributed by atoms with Crippen molar-refractivity contribution in [3.8, 4) is 0 Å². The van der Waals surface area contributed by atoms with Gasteiger partial charge in [0.2, 0.25) is 11.8 Å². The zero-order valence-electron chi connectivity index (χ0n) is 38.2. The monoisotopic (exact) mass is 938 g/mol. The number of hydrogen-bond acceptors (Lipinski definition) is 14. The van der Waals surface area contributed by atoms with Crippen molar-refractivity contribution in [1.29, 1.82) is 10.8 Å². The number of nitrogens with zero attached hydrogens (tertiary/aromatic N) is 6. The number of carbonyl (C=O) groups is 4. The molecule has 1 aromatic heterocycles. The van der Waals surface area contributed by atoms with E-state index in [1.165, 1.54) is 28.2 Å². The average molecular weight is 939 g/mol. The molecule has 68 heavy (non-hydrogen) atoms. The molecule has 1 unspecified atom stereocenters. The lowest BCUT2D eigenvalue weighted by Crippen LogP contribution is -2.52. The summed E-state index contributed by atoms with van der Waals surface area (Å²) < 4.78 is 5.88. The predicted octanol–water partition coefficient (Wildman–Crippen LogP) is 4.32. The lowest BCUT2D eigenvalue weighted by Gasteiger charge is -2.41. The highest BCUT2D eigenvalue weighted by molar-refractivity contribution is 7.99. The second kappa shape index (κ2) is 20.4. The fraction of sp³-hybridized carbons (Fsp3) is 0.400. The molecule has 4 amide bonds. The van der Waals surface area contributed by atoms with E-state index in [4.69, 9.17) is 31.3 Å². The number of rotatable bonds is 14. The van der Waals surface area contributed by atoms with E-state index in [1.807, 2.05) is 29.4 Å². The van der Waals surface area contributed by atoms with Crippen molar-refractivity contribution in [2.45, 2.75) is 86.9 Å². The standard InChI is InChI=1S/C50H58N12O5S/c1-32-46(53)50(31-67-32)15-17-61(18-16-50)43-27-56-45(28-55-43)68-38-4-2-3-37(24-38)54-25-33-5-7-34(8-6-33)29-59-19-21-60(22-20-59)42(52)13-11-40(51)47(64)57-26-35-9-10-39-36(23-35)30-62(49(39)66)41-12-14-44(63)58-48(41)65/h2-11,13,23-24,27-28,32,41,46,51-52,54H,12,14-22,25-26,29-31,53H2,1H3,(H,57,64)(H,58,63,65)/b13-11-,51-40?,52-42?/t32-,41?,46+/m0/s1. The minimum Gasteiger partial charge on any atom is -0.381 e. The molecule has 4 saturated heterocycles. The van der Waals surface area contributed by atoms with E-state index in [0.717, 1.165) is 84.7 Å². The zero-order chi connectivity index (χ0) is 47.4. The molecule has 3 aromatic carbocycles. The van der Waals surface area contributed by atoms with Crippen LogP contribution in [0.5, 0.6) is 0 Å². The van der Waals surface area contributed by atoms with Crippen LogP contribution in [0, 0.1) is 16.2 Å². The average Bonchev–Trinajstić information content (AvgIpc) is 3.82. The van der Waals surface area contributed by atoms with Crippen LogP contribution in [-0.2, 0) is 45.3 Å². The van der Waals surface area contributed by atoms with Gasteiger partial charge in [0.15, 0.2) is 0 Å². The Balaban J connectivity index is 0.667. The van der Waals surface area contributed by atoms with Gasteiger partial charge in [-0.1, -0.05) is 54.2 Å². The molecule has 17 nitrogen and oxygen atoms in total. The maximum atomic E-state index is 13.0. The molecule has 9 rings (SSSR count). The Morgan fingerprint density at radius 1 is 0.926 bits per heavy atom. The third-order valence-corrected chi connectivity index (χ3v) is 14.8. The molecule has 7 N–H and O–H groups in total. The molecule has 354 valence electrons. The van der Waals surface area contributed by atoms with Crippen molar-refractivity contribution in [3.63, 3.8) is 0 Å². The van der Waals surface area contributed by atoms with E-state index in [9.17, 15) is 19.2 Å². The van der Waals surface area contributed by atoms with E-state index >= 15 is 0 Å². The van der Waals surface area contributed by atoms with Gasteiger partial charge in [-0.3, -0.25) is 40.2 Å². The van der Waals surface area contributed by atoms with Gasteiger partial charge in [-0.25, -0.2) is 9.97 Å². The van der Waals surface area contributed by atoms with E-state index < -0.39 is 17.9 Å². The fourth-order valence-corrected chi connectivity index (χ4v) is 10.5. The van der Waals surface area contributed by atoms with Crippen molar-refractivity contribution in [3.05, 3.63) is 119 Å². The second-order valence-electron chi connectivity index (χ2n) is 18.4. The van der Waals surface area contributed by atoms with Gasteiger partial charge < -0.3 is 35.8 Å². The molecule has 5 aliphatic heterocycles. The molecule has 6 heterocycles. The molecule has 1 spiro atoms. The van der Waals surface area contributed by atoms with Crippen LogP contribution in [-0.4, -0.2) is 124 Å². The van der Waals surface area contributed by atoms with E-state index in [0.29, 0.717) is 25.2 Å². The lowest BCUT2D eigenvalue weighted by atomic mass is 9.73. The molecule has 0 bridgehead atoms. The molecular formula is C50H58N12O5S. The second-order valence-corrected chi connectivity index (χ2v) is 19.5. The Hall–Kier alpha value is -6.47. The largest absolute Gasteiger partial charge is 0.381 e. The minimum absolute atomic E-state index is 0.0767. The molecule has 4 fully saturated rings. The summed E-state index contributed by atoms with van der Waals surface area (Å²) in [5, 5.41) is 26.3. The summed E-state index contributed by atoms with van der Waals surface area (Å²) in [6.07, 6.45) is 9.16. The first-order valence-electron chi connectivity index (χ1n) is 23.3. The summed E-state index contributed by atoms with van der Waals surface area (Å²) in [6, 6.07) is 21.6. The summed E-state index contributed by atoms with van der Waals surface area (Å²) in [6.45, 7) is 9.39. The van der Waals surface area contributed by atoms with E-state index in [1.54, 1.807) is 23.9 Å². The van der Waals surface area contributed by atoms with Gasteiger partial charge in [-0.15, -0.1) is 0 Å². The van der Waals surface area contributed by atoms with Gasteiger partial charge in [-0.05, 0) is 84.9 Å². The molecule has 3 atom stereocenters. The Labute approximate surface area is 400 Å². The number of nitrogens with one attached hydrogen (secondary N) is 5. The number of ether oxygens (including phenoxy) is 1. The highest BCUT2D eigenvalue weighted by Gasteiger charge is 2.47. The molecule has 0 aliphatic carbocycles. The molecule has 4 aromatic rings. The quantitative estimate of drug-likeness (QED) is 0.0590. The number of amides is 4. The van der Waals surface area contributed by atoms with Crippen LogP contribution in [0.15, 0.2) is 101 Å². The van der Waals surface area contributed by atoms with Crippen LogP contribution in [0.2, 0.25) is 0 Å². The van der Waals surface area contributed by atoms with Crippen LogP contribution >= 0.6 is 11.8 Å². The van der Waals surface area contributed by atoms with Crippen molar-refractivity contribution in [2.24, 2.45) is 11.1 Å². The molecule has 5 aliphatic rings. The number of nitrogens with two attached hydrogens (primary N) is 1. The van der Waals surface area contributed by atoms with Crippen LogP contribution in [0.1, 0.15) is 65.2 Å². The third kappa shape index (κ3) is 10.6. The Morgan fingerprint density at radius 3 is 2.41 bits per heavy atom. The predicted molar refractivity (Wildman–Crippen MR) is 259 cm³/mol. The molecule has 18 heteroatoms. The van der Waals surface area contributed by atoms with Crippen LogP contribution in [0.4, 0.5) is 11.5 Å². The highest BCUT2D eigenvalue weighted by Crippen LogP contribution is 2.42. The van der Waals surface area contributed by atoms with Crippen molar-refractivity contribution >= 4 is 58.4 Å². The number of imide groups is 1. The number of piperazine rings is 1. The Kier molecular flexibility index (Phi) is 14.0. The van der Waals surface area contributed by atoms with Crippen molar-refractivity contribution in [2.75, 3.05) is 56.1 Å². The summed E-state index contributed by atoms with van der Waals surface area (Å²) in [5.74, 6) is -0.497. The minimum atomic E-state index is -0.698. The smallest absolute Gasteiger partial charge is 0.269 e. The molecule has 0 saturated carbocycles. The number of benzene rings is 3. The van der Waals surface area contributed by atoms with Crippen molar-refractivity contribution in [1.82, 2.24) is 35.3 Å². The van der Waals surface area contributed by atoms with Gasteiger partial charge in [0.1, 0.15) is 28.4 Å². The third-order valence-electron chi connectivity index (χ3n) is 13.9. The van der Waals surface area contributed by atoms with Crippen molar-refractivity contribution < 1.29 is 23.9 Å². The van der Waals surface area contributed by atoms with Crippen LogP contribution < -0.4 is 26.6 Å². The van der Waals surface area contributed by atoms with E-state index in [2.05, 4.69) is 75.1 Å². The normalized spacial score (nSPS) is 21.6. The Bertz CT molecular complexity index is 2590. The lowest BCUT2D eigenvalue weighted by molar-refractivity contribution is -0.137. The number of fused-ring (bicyclic) bond motifs is 1. The van der Waals surface area contributed by atoms with Gasteiger partial charge >= 0.3 is 0 Å². The summed E-state index contributed by atoms with van der Waals surface area (Å²) in [5.41, 5.74) is 11.7. The zero-order valence-corrected chi connectivity index (χ0v) is 39.0. The summed E-state index contributed by atoms with van der Waals surface area (Å²) in [7, 11) is 0. The van der Waals surface area contributed by atoms with Crippen LogP contribution in [0.25, 0.3) is 0 Å². The van der Waals surface area contributed by atoms with E-state index in [-0.39, 0.29) is 66.9 Å². The van der Waals surface area contributed by atoms with Gasteiger partial charge in [0, 0.05) is 99.5 Å². The summed E-state index contributed by atoms with van der Waals surface area (Å²) >= 11 is 1.59. The highest BCUT2D eigenvalue weighted by atomic mass is 32.2. The number of amidine groups is 1. The SMILES string of the molecule is C[C@@H]1OCC2(CCN(c3cnc(Sc4cccc(NCc5ccc(CN6CCN(C(=N)/C=C\C(=N)C(=O)NCc7ccc8c(c7)CN(C7CCC(=O)NC7=O)C8=O)CC6)cc5)c4)cn3)CC2)[C@@H]1N. The van der Waals surface area contributed by atoms with Gasteiger partial charge in [0.05, 0.1) is 25.1 Å². The number of anilines is 2. The number of aromatic nitrogens is 2. The number of piperidine rings is 2. The van der Waals surface area contributed by atoms with Crippen LogP contribution in [0.3, 0.4) is 0 Å². The number of carbonyl (C=O) groups excluding carboxylic acids is 4. The molecule has 0 radical (unpaired) electrons.